The molecule has 0 saturated heterocycles. The fraction of sp³-hybridized carbons (Fsp3) is 0.778. The van der Waals surface area contributed by atoms with E-state index in [4.69, 9.17) is 5.84 Å². The molecule has 0 fully saturated rings. The number of nitrogens with two attached hydrogens (primary N) is 1. The SMILES string of the molecule is CC(C)CCC(C)NC(=O)C(=O)NN. The Balaban J connectivity index is 3.76. The van der Waals surface area contributed by atoms with Crippen molar-refractivity contribution >= 4 is 11.8 Å². The normalized spacial score (nSPS) is 12.4. The smallest absolute Gasteiger partial charge is 0.323 e. The van der Waals surface area contributed by atoms with E-state index in [9.17, 15) is 9.59 Å². The maximum atomic E-state index is 11.0. The predicted molar refractivity (Wildman–Crippen MR) is 54.0 cm³/mol. The van der Waals surface area contributed by atoms with Gasteiger partial charge in [-0.25, -0.2) is 5.84 Å². The molecule has 1 atom stereocenters. The maximum Gasteiger partial charge on any atom is 0.323 e. The van der Waals surface area contributed by atoms with E-state index in [1.807, 2.05) is 6.92 Å². The van der Waals surface area contributed by atoms with Crippen molar-refractivity contribution in [3.05, 3.63) is 0 Å². The Morgan fingerprint density at radius 2 is 1.71 bits per heavy atom. The molecule has 0 aliphatic heterocycles. The topological polar surface area (TPSA) is 84.2 Å². The van der Waals surface area contributed by atoms with Crippen molar-refractivity contribution in [3.63, 3.8) is 0 Å². The van der Waals surface area contributed by atoms with Crippen molar-refractivity contribution < 1.29 is 9.59 Å². The van der Waals surface area contributed by atoms with Crippen molar-refractivity contribution in [3.8, 4) is 0 Å². The monoisotopic (exact) mass is 201 g/mol. The first-order chi connectivity index (χ1) is 6.47. The van der Waals surface area contributed by atoms with E-state index < -0.39 is 11.8 Å². The first-order valence-corrected chi connectivity index (χ1v) is 4.78. The summed E-state index contributed by atoms with van der Waals surface area (Å²) in [6, 6.07) is 0.00204. The Bertz CT molecular complexity index is 204. The van der Waals surface area contributed by atoms with Crippen LogP contribution in [0.1, 0.15) is 33.6 Å². The minimum atomic E-state index is -0.804. The molecular weight excluding hydrogens is 182 g/mol. The molecule has 0 radical (unpaired) electrons. The molecule has 4 N–H and O–H groups in total. The predicted octanol–water partition coefficient (Wildman–Crippen LogP) is -0.0828. The molecule has 2 amide bonds. The van der Waals surface area contributed by atoms with Crippen molar-refractivity contribution in [2.24, 2.45) is 11.8 Å². The third-order valence-electron chi connectivity index (χ3n) is 1.89. The molecule has 0 saturated carbocycles. The van der Waals surface area contributed by atoms with E-state index in [1.54, 1.807) is 5.43 Å². The standard InChI is InChI=1S/C9H19N3O2/c1-6(2)4-5-7(3)11-8(13)9(14)12-10/h6-7H,4-5,10H2,1-3H3,(H,11,13)(H,12,14). The molecular formula is C9H19N3O2. The molecule has 0 aromatic carbocycles. The summed E-state index contributed by atoms with van der Waals surface area (Å²) >= 11 is 0. The Morgan fingerprint density at radius 1 is 1.14 bits per heavy atom. The summed E-state index contributed by atoms with van der Waals surface area (Å²) in [6.07, 6.45) is 1.88. The molecule has 0 aliphatic carbocycles. The van der Waals surface area contributed by atoms with Gasteiger partial charge in [-0.3, -0.25) is 15.0 Å². The average Bonchev–Trinajstić information content (AvgIpc) is 2.13. The summed E-state index contributed by atoms with van der Waals surface area (Å²) in [6.45, 7) is 6.09. The zero-order valence-electron chi connectivity index (χ0n) is 8.96. The van der Waals surface area contributed by atoms with Crippen LogP contribution in [0.3, 0.4) is 0 Å². The third-order valence-corrected chi connectivity index (χ3v) is 1.89. The van der Waals surface area contributed by atoms with E-state index in [0.717, 1.165) is 12.8 Å². The number of hydrogen-bond donors (Lipinski definition) is 3. The Labute approximate surface area is 84.4 Å². The van der Waals surface area contributed by atoms with Crippen LogP contribution in [-0.2, 0) is 9.59 Å². The Morgan fingerprint density at radius 3 is 2.14 bits per heavy atom. The van der Waals surface area contributed by atoms with Crippen LogP contribution < -0.4 is 16.6 Å². The van der Waals surface area contributed by atoms with Crippen molar-refractivity contribution in [1.82, 2.24) is 10.7 Å². The highest BCUT2D eigenvalue weighted by Gasteiger charge is 2.14. The number of carbonyl (C=O) groups is 2. The molecule has 1 unspecified atom stereocenters. The van der Waals surface area contributed by atoms with Crippen molar-refractivity contribution in [2.45, 2.75) is 39.7 Å². The largest absolute Gasteiger partial charge is 0.345 e. The first-order valence-electron chi connectivity index (χ1n) is 4.78. The van der Waals surface area contributed by atoms with Gasteiger partial charge >= 0.3 is 11.8 Å². The van der Waals surface area contributed by atoms with E-state index >= 15 is 0 Å². The highest BCUT2D eigenvalue weighted by Crippen LogP contribution is 2.05. The van der Waals surface area contributed by atoms with Crippen LogP contribution in [0.5, 0.6) is 0 Å². The Hall–Kier alpha value is -1.10. The van der Waals surface area contributed by atoms with Crippen LogP contribution in [0.2, 0.25) is 0 Å². The molecule has 0 rings (SSSR count). The highest BCUT2D eigenvalue weighted by molar-refractivity contribution is 6.34. The van der Waals surface area contributed by atoms with Gasteiger partial charge in [0.15, 0.2) is 0 Å². The molecule has 0 aliphatic rings. The quantitative estimate of drug-likeness (QED) is 0.257. The summed E-state index contributed by atoms with van der Waals surface area (Å²) < 4.78 is 0. The van der Waals surface area contributed by atoms with E-state index in [2.05, 4.69) is 19.2 Å². The second-order valence-electron chi connectivity index (χ2n) is 3.82. The second-order valence-corrected chi connectivity index (χ2v) is 3.82. The van der Waals surface area contributed by atoms with Crippen LogP contribution >= 0.6 is 0 Å². The summed E-state index contributed by atoms with van der Waals surface area (Å²) in [5.74, 6) is 3.92. The third kappa shape index (κ3) is 5.53. The van der Waals surface area contributed by atoms with E-state index in [0.29, 0.717) is 5.92 Å². The number of hydrogen-bond acceptors (Lipinski definition) is 3. The average molecular weight is 201 g/mol. The zero-order valence-corrected chi connectivity index (χ0v) is 8.96. The van der Waals surface area contributed by atoms with Crippen LogP contribution in [0.25, 0.3) is 0 Å². The lowest BCUT2D eigenvalue weighted by Crippen LogP contribution is -2.46. The van der Waals surface area contributed by atoms with Gasteiger partial charge in [0.2, 0.25) is 0 Å². The number of carbonyl (C=O) groups excluding carboxylic acids is 2. The molecule has 0 spiro atoms. The number of amides is 2. The van der Waals surface area contributed by atoms with Gasteiger partial charge in [0.1, 0.15) is 0 Å². The summed E-state index contributed by atoms with van der Waals surface area (Å²) in [4.78, 5) is 21.8. The molecule has 5 nitrogen and oxygen atoms in total. The second kappa shape index (κ2) is 6.37. The lowest BCUT2D eigenvalue weighted by atomic mass is 10.0. The lowest BCUT2D eigenvalue weighted by molar-refractivity contribution is -0.139. The van der Waals surface area contributed by atoms with Gasteiger partial charge in [0, 0.05) is 6.04 Å². The van der Waals surface area contributed by atoms with E-state index in [-0.39, 0.29) is 6.04 Å². The van der Waals surface area contributed by atoms with Gasteiger partial charge in [-0.2, -0.15) is 0 Å². The molecule has 82 valence electrons. The van der Waals surface area contributed by atoms with Crippen LogP contribution in [0.15, 0.2) is 0 Å². The van der Waals surface area contributed by atoms with Gasteiger partial charge in [-0.1, -0.05) is 13.8 Å². The highest BCUT2D eigenvalue weighted by atomic mass is 16.2. The van der Waals surface area contributed by atoms with E-state index in [1.165, 1.54) is 0 Å². The molecule has 0 heterocycles. The molecule has 0 aromatic heterocycles. The van der Waals surface area contributed by atoms with Gasteiger partial charge in [0.25, 0.3) is 0 Å². The number of nitrogens with one attached hydrogen (secondary N) is 2. The van der Waals surface area contributed by atoms with Gasteiger partial charge < -0.3 is 5.32 Å². The molecule has 0 bridgehead atoms. The fourth-order valence-corrected chi connectivity index (χ4v) is 1.01. The molecule has 5 heteroatoms. The minimum absolute atomic E-state index is 0.00204. The van der Waals surface area contributed by atoms with Crippen LogP contribution in [0, 0.1) is 5.92 Å². The molecule has 0 aromatic rings. The van der Waals surface area contributed by atoms with Crippen molar-refractivity contribution in [2.75, 3.05) is 0 Å². The first kappa shape index (κ1) is 12.9. The lowest BCUT2D eigenvalue weighted by Gasteiger charge is -2.13. The maximum absolute atomic E-state index is 11.0. The number of hydrazine groups is 1. The van der Waals surface area contributed by atoms with Gasteiger partial charge in [-0.05, 0) is 25.7 Å². The fourth-order valence-electron chi connectivity index (χ4n) is 1.01. The zero-order chi connectivity index (χ0) is 11.1. The van der Waals surface area contributed by atoms with Gasteiger partial charge in [-0.15, -0.1) is 0 Å². The summed E-state index contributed by atoms with van der Waals surface area (Å²) in [7, 11) is 0. The van der Waals surface area contributed by atoms with Crippen LogP contribution in [0.4, 0.5) is 0 Å². The Kier molecular flexibility index (Phi) is 5.87. The molecule has 14 heavy (non-hydrogen) atoms. The summed E-state index contributed by atoms with van der Waals surface area (Å²) in [5.41, 5.74) is 1.78. The van der Waals surface area contributed by atoms with Crippen LogP contribution in [-0.4, -0.2) is 17.9 Å². The van der Waals surface area contributed by atoms with Gasteiger partial charge in [0.05, 0.1) is 0 Å². The van der Waals surface area contributed by atoms with Crippen molar-refractivity contribution in [1.29, 1.82) is 0 Å². The minimum Gasteiger partial charge on any atom is -0.345 e. The summed E-state index contributed by atoms with van der Waals surface area (Å²) in [5, 5.41) is 2.55. The number of rotatable bonds is 4.